The first-order chi connectivity index (χ1) is 11.5. The van der Waals surface area contributed by atoms with Crippen LogP contribution in [0.2, 0.25) is 18.1 Å². The second kappa shape index (κ2) is 12.1. The molecule has 0 saturated heterocycles. The van der Waals surface area contributed by atoms with Crippen LogP contribution in [-0.4, -0.2) is 25.6 Å². The number of hydrogen-bond acceptors (Lipinski definition) is 2. The number of rotatable bonds is 13. The Hall–Kier alpha value is -0.383. The molecule has 0 aromatic rings. The molecule has 0 saturated carbocycles. The third kappa shape index (κ3) is 11.0. The van der Waals surface area contributed by atoms with E-state index in [0.717, 1.165) is 12.8 Å². The van der Waals surface area contributed by atoms with Crippen molar-refractivity contribution in [2.75, 3.05) is 0 Å². The minimum atomic E-state index is -1.81. The van der Waals surface area contributed by atoms with Gasteiger partial charge in [-0.25, -0.2) is 0 Å². The molecule has 0 amide bonds. The van der Waals surface area contributed by atoms with Gasteiger partial charge in [-0.15, -0.1) is 6.58 Å². The Morgan fingerprint density at radius 3 is 2.16 bits per heavy atom. The van der Waals surface area contributed by atoms with Gasteiger partial charge in [-0.2, -0.15) is 0 Å². The highest BCUT2D eigenvalue weighted by atomic mass is 28.4. The van der Waals surface area contributed by atoms with Gasteiger partial charge in [0.1, 0.15) is 0 Å². The average Bonchev–Trinajstić information content (AvgIpc) is 2.47. The predicted molar refractivity (Wildman–Crippen MR) is 115 cm³/mol. The predicted octanol–water partition coefficient (Wildman–Crippen LogP) is 7.01. The fraction of sp³-hybridized carbons (Fsp3) is 0.818. The molecule has 2 nitrogen and oxygen atoms in total. The molecule has 25 heavy (non-hydrogen) atoms. The van der Waals surface area contributed by atoms with Crippen molar-refractivity contribution in [1.82, 2.24) is 0 Å². The van der Waals surface area contributed by atoms with Crippen LogP contribution in [0.1, 0.15) is 86.0 Å². The summed E-state index contributed by atoms with van der Waals surface area (Å²) in [5.74, 6) is 0. The Bertz CT molecular complexity index is 391. The first kappa shape index (κ1) is 24.6. The van der Waals surface area contributed by atoms with E-state index in [0.29, 0.717) is 0 Å². The number of hydrogen-bond donors (Lipinski definition) is 1. The minimum absolute atomic E-state index is 0.0472. The van der Waals surface area contributed by atoms with Gasteiger partial charge in [0.25, 0.3) is 0 Å². The van der Waals surface area contributed by atoms with Gasteiger partial charge in [-0.1, -0.05) is 77.5 Å². The standard InChI is InChI=1S/C22H44O2Si/c1-9-11-12-13-14-15-16-20(17-19(3)23)18-21(10-2)24-25(7,8)22(4,5)6/h10,17,19,21,23H,2,9,11-16,18H2,1,3-8H3/b20-17+/t19-,21?/m1/s1. The third-order valence-electron chi connectivity index (χ3n) is 5.31. The summed E-state index contributed by atoms with van der Waals surface area (Å²) in [7, 11) is -1.81. The Balaban J connectivity index is 4.69. The van der Waals surface area contributed by atoms with E-state index in [9.17, 15) is 5.11 Å². The summed E-state index contributed by atoms with van der Waals surface area (Å²) in [5.41, 5.74) is 1.31. The molecule has 3 heteroatoms. The summed E-state index contributed by atoms with van der Waals surface area (Å²) in [6.45, 7) is 19.5. The number of aliphatic hydroxyl groups is 1. The van der Waals surface area contributed by atoms with Crippen molar-refractivity contribution >= 4 is 8.32 Å². The van der Waals surface area contributed by atoms with Crippen molar-refractivity contribution in [2.45, 2.75) is 116 Å². The highest BCUT2D eigenvalue weighted by Crippen LogP contribution is 2.38. The highest BCUT2D eigenvalue weighted by Gasteiger charge is 2.38. The van der Waals surface area contributed by atoms with Crippen molar-refractivity contribution in [3.8, 4) is 0 Å². The molecule has 0 aromatic heterocycles. The lowest BCUT2D eigenvalue weighted by Gasteiger charge is -2.38. The SMILES string of the molecule is C=CC(C/C(=C/[C@@H](C)O)CCCCCCCC)O[Si](C)(C)C(C)(C)C. The van der Waals surface area contributed by atoms with Gasteiger partial charge in [0, 0.05) is 0 Å². The van der Waals surface area contributed by atoms with E-state index < -0.39 is 14.4 Å². The van der Waals surface area contributed by atoms with E-state index in [-0.39, 0.29) is 11.1 Å². The fourth-order valence-corrected chi connectivity index (χ4v) is 4.00. The maximum Gasteiger partial charge on any atom is 0.192 e. The lowest BCUT2D eigenvalue weighted by molar-refractivity contribution is 0.220. The monoisotopic (exact) mass is 368 g/mol. The van der Waals surface area contributed by atoms with Crippen LogP contribution >= 0.6 is 0 Å². The van der Waals surface area contributed by atoms with Crippen molar-refractivity contribution in [3.05, 3.63) is 24.3 Å². The molecule has 0 aliphatic heterocycles. The molecule has 0 heterocycles. The van der Waals surface area contributed by atoms with Gasteiger partial charge in [0.15, 0.2) is 8.32 Å². The molecule has 148 valence electrons. The minimum Gasteiger partial charge on any atom is -0.410 e. The first-order valence-electron chi connectivity index (χ1n) is 10.2. The smallest absolute Gasteiger partial charge is 0.192 e. The largest absolute Gasteiger partial charge is 0.410 e. The molecule has 1 unspecified atom stereocenters. The molecule has 0 bridgehead atoms. The van der Waals surface area contributed by atoms with E-state index >= 15 is 0 Å². The zero-order chi connectivity index (χ0) is 19.5. The highest BCUT2D eigenvalue weighted by molar-refractivity contribution is 6.74. The van der Waals surface area contributed by atoms with Gasteiger partial charge in [-0.05, 0) is 44.3 Å². The quantitative estimate of drug-likeness (QED) is 0.215. The van der Waals surface area contributed by atoms with Crippen molar-refractivity contribution in [2.24, 2.45) is 0 Å². The van der Waals surface area contributed by atoms with Crippen LogP contribution in [0.25, 0.3) is 0 Å². The molecule has 0 rings (SSSR count). The lowest BCUT2D eigenvalue weighted by Crippen LogP contribution is -2.43. The van der Waals surface area contributed by atoms with Gasteiger partial charge in [0.2, 0.25) is 0 Å². The van der Waals surface area contributed by atoms with Gasteiger partial charge < -0.3 is 9.53 Å². The van der Waals surface area contributed by atoms with Crippen molar-refractivity contribution in [3.63, 3.8) is 0 Å². The average molecular weight is 369 g/mol. The van der Waals surface area contributed by atoms with E-state index in [2.05, 4.69) is 47.4 Å². The van der Waals surface area contributed by atoms with Crippen LogP contribution in [-0.2, 0) is 4.43 Å². The Morgan fingerprint density at radius 2 is 1.68 bits per heavy atom. The normalized spacial score (nSPS) is 15.9. The van der Waals surface area contributed by atoms with Crippen molar-refractivity contribution in [1.29, 1.82) is 0 Å². The van der Waals surface area contributed by atoms with E-state index in [1.54, 1.807) is 0 Å². The number of unbranched alkanes of at least 4 members (excludes halogenated alkanes) is 5. The van der Waals surface area contributed by atoms with Crippen LogP contribution in [0.3, 0.4) is 0 Å². The molecule has 0 aliphatic carbocycles. The maximum absolute atomic E-state index is 9.81. The zero-order valence-electron chi connectivity index (χ0n) is 18.0. The molecular weight excluding hydrogens is 324 g/mol. The molecule has 1 N–H and O–H groups in total. The van der Waals surface area contributed by atoms with Gasteiger partial charge >= 0.3 is 0 Å². The van der Waals surface area contributed by atoms with E-state index in [1.165, 1.54) is 44.1 Å². The molecule has 2 atom stereocenters. The second-order valence-corrected chi connectivity index (χ2v) is 13.7. The fourth-order valence-electron chi connectivity index (χ4n) is 2.71. The van der Waals surface area contributed by atoms with Crippen LogP contribution in [0.4, 0.5) is 0 Å². The molecular formula is C22H44O2Si. The third-order valence-corrected chi connectivity index (χ3v) is 9.81. The lowest BCUT2D eigenvalue weighted by atomic mass is 9.99. The molecule has 0 radical (unpaired) electrons. The topological polar surface area (TPSA) is 29.5 Å². The summed E-state index contributed by atoms with van der Waals surface area (Å²) >= 11 is 0. The van der Waals surface area contributed by atoms with Crippen LogP contribution in [0.15, 0.2) is 24.3 Å². The van der Waals surface area contributed by atoms with Crippen molar-refractivity contribution < 1.29 is 9.53 Å². The van der Waals surface area contributed by atoms with Crippen LogP contribution in [0, 0.1) is 0 Å². The molecule has 0 spiro atoms. The van der Waals surface area contributed by atoms with E-state index in [4.69, 9.17) is 4.43 Å². The van der Waals surface area contributed by atoms with E-state index in [1.807, 2.05) is 19.1 Å². The van der Waals surface area contributed by atoms with Gasteiger partial charge in [-0.3, -0.25) is 0 Å². The Morgan fingerprint density at radius 1 is 1.12 bits per heavy atom. The number of aliphatic hydroxyl groups excluding tert-OH is 1. The summed E-state index contributed by atoms with van der Waals surface area (Å²) in [6.07, 6.45) is 13.3. The van der Waals surface area contributed by atoms with Gasteiger partial charge in [0.05, 0.1) is 12.2 Å². The Kier molecular flexibility index (Phi) is 11.9. The maximum atomic E-state index is 9.81. The summed E-state index contributed by atoms with van der Waals surface area (Å²) in [6, 6.07) is 0. The van der Waals surface area contributed by atoms with Crippen LogP contribution in [0.5, 0.6) is 0 Å². The summed E-state index contributed by atoms with van der Waals surface area (Å²) in [5, 5.41) is 10.0. The summed E-state index contributed by atoms with van der Waals surface area (Å²) < 4.78 is 6.52. The zero-order valence-corrected chi connectivity index (χ0v) is 19.0. The Labute approximate surface area is 158 Å². The second-order valence-electron chi connectivity index (χ2n) is 8.94. The summed E-state index contributed by atoms with van der Waals surface area (Å²) in [4.78, 5) is 0. The van der Waals surface area contributed by atoms with Crippen LogP contribution < -0.4 is 0 Å². The first-order valence-corrected chi connectivity index (χ1v) is 13.1. The molecule has 0 aromatic carbocycles. The molecule has 0 aliphatic rings. The molecule has 0 fully saturated rings.